The number of likely N-dealkylation sites (tertiary alicyclic amines) is 1. The molecule has 0 aliphatic carbocycles. The van der Waals surface area contributed by atoms with Gasteiger partial charge in [-0.1, -0.05) is 11.6 Å². The Morgan fingerprint density at radius 1 is 1.00 bits per heavy atom. The van der Waals surface area contributed by atoms with Crippen molar-refractivity contribution in [2.24, 2.45) is 0 Å². The van der Waals surface area contributed by atoms with Gasteiger partial charge in [-0.3, -0.25) is 9.59 Å². The van der Waals surface area contributed by atoms with Crippen LogP contribution in [0.3, 0.4) is 0 Å². The van der Waals surface area contributed by atoms with E-state index >= 15 is 0 Å². The quantitative estimate of drug-likeness (QED) is 0.386. The van der Waals surface area contributed by atoms with E-state index in [1.165, 1.54) is 30.0 Å². The molecule has 0 radical (unpaired) electrons. The smallest absolute Gasteiger partial charge is 0.406 e. The Balaban J connectivity index is 1.55. The Kier molecular flexibility index (Phi) is 7.82. The highest BCUT2D eigenvalue weighted by Crippen LogP contribution is 2.35. The van der Waals surface area contributed by atoms with Gasteiger partial charge in [0.1, 0.15) is 11.4 Å². The molecule has 4 rings (SSSR count). The van der Waals surface area contributed by atoms with Crippen LogP contribution >= 0.6 is 11.6 Å². The highest BCUT2D eigenvalue weighted by molar-refractivity contribution is 6.31. The first kappa shape index (κ1) is 28.3. The SMILES string of the molecule is CC(=O)N1C[C@@H](NC(=O)c2ccc(OC(F)(F)F)cc2)C[C@@H](Nc2cc(C(F)(F)F)nc3ccc(Cl)cc23)C1. The van der Waals surface area contributed by atoms with E-state index in [2.05, 4.69) is 20.4 Å². The maximum atomic E-state index is 13.5. The summed E-state index contributed by atoms with van der Waals surface area (Å²) in [7, 11) is 0. The fourth-order valence-electron chi connectivity index (χ4n) is 4.32. The van der Waals surface area contributed by atoms with Gasteiger partial charge in [-0.2, -0.15) is 13.2 Å². The van der Waals surface area contributed by atoms with Crippen molar-refractivity contribution < 1.29 is 40.7 Å². The maximum Gasteiger partial charge on any atom is 0.573 e. The molecule has 2 amide bonds. The first-order chi connectivity index (χ1) is 18.2. The molecular formula is C25H21ClF6N4O3. The normalized spacial score (nSPS) is 18.1. The number of anilines is 1. The topological polar surface area (TPSA) is 83.6 Å². The molecule has 2 heterocycles. The zero-order valence-corrected chi connectivity index (χ0v) is 20.9. The minimum absolute atomic E-state index is 0.0542. The van der Waals surface area contributed by atoms with Crippen LogP contribution in [-0.4, -0.2) is 53.2 Å². The van der Waals surface area contributed by atoms with Crippen molar-refractivity contribution in [3.8, 4) is 5.75 Å². The number of rotatable bonds is 5. The summed E-state index contributed by atoms with van der Waals surface area (Å²) in [6, 6.07) is 8.25. The number of nitrogens with zero attached hydrogens (tertiary/aromatic N) is 2. The average molecular weight is 575 g/mol. The lowest BCUT2D eigenvalue weighted by atomic mass is 9.99. The molecule has 39 heavy (non-hydrogen) atoms. The van der Waals surface area contributed by atoms with Crippen molar-refractivity contribution in [2.75, 3.05) is 18.4 Å². The number of halogens is 7. The molecule has 1 aromatic heterocycles. The summed E-state index contributed by atoms with van der Waals surface area (Å²) >= 11 is 6.07. The van der Waals surface area contributed by atoms with Crippen LogP contribution in [0.4, 0.5) is 32.0 Å². The number of carbonyl (C=O) groups is 2. The standard InChI is InChI=1S/C25H21ClF6N4O3/c1-13(37)36-11-16(33-21-10-22(24(27,28)29)35-20-7-4-15(26)8-19(20)21)9-17(12-36)34-23(38)14-2-5-18(6-3-14)39-25(30,31)32/h2-8,10,16-17H,9,11-12H2,1H3,(H,33,35)(H,34,38)/t16-,17+/m1/s1. The monoisotopic (exact) mass is 574 g/mol. The fourth-order valence-corrected chi connectivity index (χ4v) is 4.50. The number of nitrogens with one attached hydrogen (secondary N) is 2. The van der Waals surface area contributed by atoms with Gasteiger partial charge >= 0.3 is 12.5 Å². The number of aromatic nitrogens is 1. The van der Waals surface area contributed by atoms with Crippen molar-refractivity contribution >= 4 is 40.0 Å². The van der Waals surface area contributed by atoms with E-state index in [0.29, 0.717) is 5.39 Å². The van der Waals surface area contributed by atoms with Gasteiger partial charge in [0, 0.05) is 53.8 Å². The van der Waals surface area contributed by atoms with Crippen LogP contribution in [-0.2, 0) is 11.0 Å². The molecule has 1 aliphatic heterocycles. The summed E-state index contributed by atoms with van der Waals surface area (Å²) in [5.41, 5.74) is -0.880. The van der Waals surface area contributed by atoms with E-state index in [1.807, 2.05) is 0 Å². The summed E-state index contributed by atoms with van der Waals surface area (Å²) in [5.74, 6) is -1.41. The zero-order chi connectivity index (χ0) is 28.5. The number of fused-ring (bicyclic) bond motifs is 1. The molecular weight excluding hydrogens is 554 g/mol. The van der Waals surface area contributed by atoms with E-state index in [9.17, 15) is 35.9 Å². The third-order valence-electron chi connectivity index (χ3n) is 6.00. The fraction of sp³-hybridized carbons (Fsp3) is 0.320. The Hall–Kier alpha value is -3.74. The van der Waals surface area contributed by atoms with Crippen LogP contribution in [0.25, 0.3) is 10.9 Å². The number of hydrogen-bond donors (Lipinski definition) is 2. The first-order valence-corrected chi connectivity index (χ1v) is 11.9. The Bertz CT molecular complexity index is 1380. The van der Waals surface area contributed by atoms with E-state index < -0.39 is 42.0 Å². The van der Waals surface area contributed by atoms with E-state index in [1.54, 1.807) is 0 Å². The Labute approximate surface area is 223 Å². The number of carbonyl (C=O) groups excluding carboxylic acids is 2. The van der Waals surface area contributed by atoms with Crippen LogP contribution in [0, 0.1) is 0 Å². The molecule has 14 heteroatoms. The zero-order valence-electron chi connectivity index (χ0n) is 20.2. The van der Waals surface area contributed by atoms with E-state index in [-0.39, 0.29) is 47.2 Å². The van der Waals surface area contributed by atoms with Gasteiger partial charge in [0.15, 0.2) is 0 Å². The molecule has 1 fully saturated rings. The Morgan fingerprint density at radius 2 is 1.67 bits per heavy atom. The lowest BCUT2D eigenvalue weighted by Gasteiger charge is -2.38. The maximum absolute atomic E-state index is 13.5. The van der Waals surface area contributed by atoms with Gasteiger partial charge < -0.3 is 20.3 Å². The number of pyridine rings is 1. The molecule has 2 N–H and O–H groups in total. The molecule has 2 aromatic carbocycles. The lowest BCUT2D eigenvalue weighted by molar-refractivity contribution is -0.274. The van der Waals surface area contributed by atoms with Gasteiger partial charge in [0.2, 0.25) is 5.91 Å². The summed E-state index contributed by atoms with van der Waals surface area (Å²) in [5, 5.41) is 6.42. The van der Waals surface area contributed by atoms with Gasteiger partial charge in [-0.25, -0.2) is 4.98 Å². The molecule has 3 aromatic rings. The number of amides is 2. The first-order valence-electron chi connectivity index (χ1n) is 11.5. The lowest BCUT2D eigenvalue weighted by Crippen LogP contribution is -2.55. The van der Waals surface area contributed by atoms with Crippen LogP contribution in [0.1, 0.15) is 29.4 Å². The van der Waals surface area contributed by atoms with Crippen molar-refractivity contribution in [1.82, 2.24) is 15.2 Å². The second-order valence-electron chi connectivity index (χ2n) is 8.96. The number of alkyl halides is 6. The molecule has 0 bridgehead atoms. The van der Waals surface area contributed by atoms with E-state index in [0.717, 1.165) is 30.3 Å². The Morgan fingerprint density at radius 3 is 2.28 bits per heavy atom. The van der Waals surface area contributed by atoms with Crippen LogP contribution in [0.15, 0.2) is 48.5 Å². The molecule has 1 aliphatic rings. The van der Waals surface area contributed by atoms with Crippen molar-refractivity contribution in [3.05, 3.63) is 64.8 Å². The molecule has 0 spiro atoms. The molecule has 7 nitrogen and oxygen atoms in total. The van der Waals surface area contributed by atoms with E-state index in [4.69, 9.17) is 11.6 Å². The largest absolute Gasteiger partial charge is 0.573 e. The van der Waals surface area contributed by atoms with Crippen molar-refractivity contribution in [1.29, 1.82) is 0 Å². The van der Waals surface area contributed by atoms with Crippen LogP contribution in [0.2, 0.25) is 5.02 Å². The third-order valence-corrected chi connectivity index (χ3v) is 6.24. The van der Waals surface area contributed by atoms with Gasteiger partial charge in [-0.05, 0) is 55.0 Å². The second-order valence-corrected chi connectivity index (χ2v) is 9.39. The molecule has 0 unspecified atom stereocenters. The number of benzene rings is 2. The summed E-state index contributed by atoms with van der Waals surface area (Å²) in [6.07, 6.45) is -9.35. The molecule has 0 saturated carbocycles. The summed E-state index contributed by atoms with van der Waals surface area (Å²) < 4.78 is 81.5. The highest BCUT2D eigenvalue weighted by atomic mass is 35.5. The van der Waals surface area contributed by atoms with Gasteiger partial charge in [-0.15, -0.1) is 13.2 Å². The van der Waals surface area contributed by atoms with Crippen LogP contribution in [0.5, 0.6) is 5.75 Å². The van der Waals surface area contributed by atoms with Crippen molar-refractivity contribution in [2.45, 2.75) is 38.0 Å². The van der Waals surface area contributed by atoms with Gasteiger partial charge in [0.05, 0.1) is 5.52 Å². The summed E-state index contributed by atoms with van der Waals surface area (Å²) in [6.45, 7) is 1.60. The predicted molar refractivity (Wildman–Crippen MR) is 130 cm³/mol. The summed E-state index contributed by atoms with van der Waals surface area (Å²) in [4.78, 5) is 30.1. The molecule has 2 atom stereocenters. The molecule has 208 valence electrons. The minimum Gasteiger partial charge on any atom is -0.406 e. The predicted octanol–water partition coefficient (Wildman–Crippen LogP) is 5.64. The minimum atomic E-state index is -4.88. The highest BCUT2D eigenvalue weighted by Gasteiger charge is 2.35. The van der Waals surface area contributed by atoms with Crippen LogP contribution < -0.4 is 15.4 Å². The second kappa shape index (κ2) is 10.8. The number of piperidine rings is 1. The number of ether oxygens (including phenoxy) is 1. The third kappa shape index (κ3) is 7.22. The number of hydrogen-bond acceptors (Lipinski definition) is 5. The van der Waals surface area contributed by atoms with Crippen molar-refractivity contribution in [3.63, 3.8) is 0 Å². The van der Waals surface area contributed by atoms with Gasteiger partial charge in [0.25, 0.3) is 5.91 Å². The molecule has 1 saturated heterocycles. The average Bonchev–Trinajstić information content (AvgIpc) is 2.83.